The predicted molar refractivity (Wildman–Crippen MR) is 106 cm³/mol. The van der Waals surface area contributed by atoms with E-state index in [-0.39, 0.29) is 5.69 Å². The van der Waals surface area contributed by atoms with E-state index in [1.165, 1.54) is 22.8 Å². The summed E-state index contributed by atoms with van der Waals surface area (Å²) in [5.74, 6) is 0.726. The lowest BCUT2D eigenvalue weighted by molar-refractivity contribution is -0.274. The second-order valence-electron chi connectivity index (χ2n) is 6.13. The molecule has 6 N–H and O–H groups in total. The van der Waals surface area contributed by atoms with Crippen LogP contribution in [-0.2, 0) is 0 Å². The molecule has 9 nitrogen and oxygen atoms in total. The van der Waals surface area contributed by atoms with Gasteiger partial charge in [0.15, 0.2) is 17.2 Å². The molecule has 12 heteroatoms. The highest BCUT2D eigenvalue weighted by Crippen LogP contribution is 2.32. The van der Waals surface area contributed by atoms with Gasteiger partial charge in [0.25, 0.3) is 0 Å². The third-order valence-electron chi connectivity index (χ3n) is 3.93. The van der Waals surface area contributed by atoms with E-state index in [0.29, 0.717) is 34.5 Å². The summed E-state index contributed by atoms with van der Waals surface area (Å²) in [6, 6.07) is 10.8. The number of benzene rings is 1. The lowest BCUT2D eigenvalue weighted by atomic mass is 10.2. The molecule has 0 unspecified atom stereocenters. The minimum atomic E-state index is -4.83. The van der Waals surface area contributed by atoms with Gasteiger partial charge in [-0.1, -0.05) is 6.07 Å². The Bertz CT molecular complexity index is 1190. The highest BCUT2D eigenvalue weighted by atomic mass is 19.4. The summed E-state index contributed by atoms with van der Waals surface area (Å²) in [5, 5.41) is 10.5. The van der Waals surface area contributed by atoms with Crippen LogP contribution in [0.4, 0.5) is 47.7 Å². The zero-order valence-electron chi connectivity index (χ0n) is 15.2. The molecule has 0 bridgehead atoms. The zero-order valence-corrected chi connectivity index (χ0v) is 15.2. The molecule has 0 saturated carbocycles. The topological polar surface area (TPSA) is 128 Å². The van der Waals surface area contributed by atoms with Crippen LogP contribution in [0.25, 0.3) is 5.65 Å². The van der Waals surface area contributed by atoms with Crippen molar-refractivity contribution >= 4 is 40.2 Å². The third-order valence-corrected chi connectivity index (χ3v) is 3.93. The molecule has 3 aromatic heterocycles. The van der Waals surface area contributed by atoms with E-state index >= 15 is 0 Å². The molecule has 0 aliphatic heterocycles. The minimum Gasteiger partial charge on any atom is -0.404 e. The van der Waals surface area contributed by atoms with Gasteiger partial charge < -0.3 is 26.8 Å². The molecule has 0 spiro atoms. The number of anilines is 6. The number of nitrogen functional groups attached to an aromatic ring is 2. The monoisotopic (exact) mass is 416 g/mol. The smallest absolute Gasteiger partial charge is 0.404 e. The zero-order chi connectivity index (χ0) is 21.3. The Morgan fingerprint density at radius 3 is 2.50 bits per heavy atom. The van der Waals surface area contributed by atoms with Gasteiger partial charge in [-0.15, -0.1) is 18.3 Å². The number of aromatic nitrogens is 4. The quantitative estimate of drug-likeness (QED) is 0.363. The summed E-state index contributed by atoms with van der Waals surface area (Å²) in [6.45, 7) is 0. The van der Waals surface area contributed by atoms with Crippen LogP contribution in [0.3, 0.4) is 0 Å². The van der Waals surface area contributed by atoms with Crippen LogP contribution in [0, 0.1) is 0 Å². The first-order chi connectivity index (χ1) is 14.3. The van der Waals surface area contributed by atoms with Crippen LogP contribution in [0.2, 0.25) is 0 Å². The molecule has 0 radical (unpaired) electrons. The number of pyridine rings is 1. The summed E-state index contributed by atoms with van der Waals surface area (Å²) >= 11 is 0. The van der Waals surface area contributed by atoms with E-state index in [4.69, 9.17) is 11.5 Å². The molecule has 30 heavy (non-hydrogen) atoms. The largest absolute Gasteiger partial charge is 0.573 e. The maximum atomic E-state index is 12.4. The summed E-state index contributed by atoms with van der Waals surface area (Å²) in [7, 11) is 0. The normalized spacial score (nSPS) is 11.4. The van der Waals surface area contributed by atoms with E-state index in [2.05, 4.69) is 30.4 Å². The van der Waals surface area contributed by atoms with Crippen molar-refractivity contribution < 1.29 is 17.9 Å². The first-order valence-corrected chi connectivity index (χ1v) is 8.53. The number of nitrogens with zero attached hydrogens (tertiary/aromatic N) is 4. The van der Waals surface area contributed by atoms with Crippen LogP contribution >= 0.6 is 0 Å². The molecule has 0 saturated heterocycles. The van der Waals surface area contributed by atoms with Gasteiger partial charge in [-0.05, 0) is 30.3 Å². The van der Waals surface area contributed by atoms with Crippen LogP contribution in [0.5, 0.6) is 5.75 Å². The fraction of sp³-hybridized carbons (Fsp3) is 0.0556. The molecule has 4 aromatic rings. The minimum absolute atomic E-state index is 0.188. The number of fused-ring (bicyclic) bond motifs is 1. The van der Waals surface area contributed by atoms with Gasteiger partial charge in [-0.3, -0.25) is 0 Å². The second-order valence-corrected chi connectivity index (χ2v) is 6.13. The number of ether oxygens (including phenoxy) is 1. The Hall–Kier alpha value is -4.22. The van der Waals surface area contributed by atoms with Gasteiger partial charge in [0.1, 0.15) is 11.6 Å². The van der Waals surface area contributed by atoms with E-state index in [1.54, 1.807) is 24.4 Å². The van der Waals surface area contributed by atoms with Gasteiger partial charge >= 0.3 is 6.36 Å². The van der Waals surface area contributed by atoms with Gasteiger partial charge in [0.05, 0.1) is 17.6 Å². The maximum absolute atomic E-state index is 12.4. The predicted octanol–water partition coefficient (Wildman–Crippen LogP) is 3.67. The molecule has 0 fully saturated rings. The number of imidazole rings is 1. The van der Waals surface area contributed by atoms with Gasteiger partial charge in [-0.2, -0.15) is 4.52 Å². The summed E-state index contributed by atoms with van der Waals surface area (Å²) in [4.78, 5) is 8.45. The molecular weight excluding hydrogens is 401 g/mol. The van der Waals surface area contributed by atoms with E-state index in [0.717, 1.165) is 6.07 Å². The van der Waals surface area contributed by atoms with Crippen molar-refractivity contribution in [1.82, 2.24) is 19.6 Å². The number of rotatable bonds is 5. The number of alkyl halides is 3. The first-order valence-electron chi connectivity index (χ1n) is 8.53. The number of hydrogen-bond donors (Lipinski definition) is 4. The van der Waals surface area contributed by atoms with Gasteiger partial charge in [0.2, 0.25) is 0 Å². The molecule has 0 atom stereocenters. The highest BCUT2D eigenvalue weighted by molar-refractivity contribution is 5.77. The summed E-state index contributed by atoms with van der Waals surface area (Å²) in [5.41, 5.74) is 12.8. The van der Waals surface area contributed by atoms with E-state index in [1.807, 2.05) is 6.07 Å². The third kappa shape index (κ3) is 4.11. The number of nitrogens with one attached hydrogen (secondary N) is 2. The lowest BCUT2D eigenvalue weighted by Crippen LogP contribution is -2.18. The van der Waals surface area contributed by atoms with E-state index < -0.39 is 12.1 Å². The molecule has 4 rings (SSSR count). The fourth-order valence-corrected chi connectivity index (χ4v) is 2.71. The average molecular weight is 416 g/mol. The Morgan fingerprint density at radius 2 is 1.80 bits per heavy atom. The number of halogens is 3. The number of hydrogen-bond acceptors (Lipinski definition) is 8. The molecule has 0 aliphatic rings. The maximum Gasteiger partial charge on any atom is 0.573 e. The van der Waals surface area contributed by atoms with Crippen molar-refractivity contribution in [2.45, 2.75) is 6.36 Å². The standard InChI is InChI=1S/C18H15F3N8O/c19-18(20,21)30-13-5-4-10(7-11(13)22)26-16-8-12(27-15-3-1-2-6-24-15)17-25-9-14(23)29(17)28-16/h1-9H,22-23H2,(H,24,27)(H,26,28). The first kappa shape index (κ1) is 19.1. The lowest BCUT2D eigenvalue weighted by Gasteiger charge is -2.14. The van der Waals surface area contributed by atoms with Crippen molar-refractivity contribution in [2.24, 2.45) is 0 Å². The van der Waals surface area contributed by atoms with Crippen molar-refractivity contribution in [3.05, 3.63) is 54.9 Å². The van der Waals surface area contributed by atoms with Crippen LogP contribution in [0.1, 0.15) is 0 Å². The van der Waals surface area contributed by atoms with Crippen LogP contribution in [-0.4, -0.2) is 25.9 Å². The van der Waals surface area contributed by atoms with Crippen LogP contribution in [0.15, 0.2) is 54.9 Å². The summed E-state index contributed by atoms with van der Waals surface area (Å²) in [6.07, 6.45) is -1.75. The highest BCUT2D eigenvalue weighted by Gasteiger charge is 2.31. The molecule has 154 valence electrons. The molecule has 0 amide bonds. The van der Waals surface area contributed by atoms with Gasteiger partial charge in [0, 0.05) is 18.0 Å². The Labute approximate surface area is 167 Å². The molecule has 1 aromatic carbocycles. The Balaban J connectivity index is 1.66. The van der Waals surface area contributed by atoms with Crippen molar-refractivity contribution in [3.8, 4) is 5.75 Å². The van der Waals surface area contributed by atoms with Gasteiger partial charge in [-0.25, -0.2) is 9.97 Å². The van der Waals surface area contributed by atoms with Crippen molar-refractivity contribution in [2.75, 3.05) is 22.1 Å². The van der Waals surface area contributed by atoms with Crippen molar-refractivity contribution in [3.63, 3.8) is 0 Å². The van der Waals surface area contributed by atoms with Crippen molar-refractivity contribution in [1.29, 1.82) is 0 Å². The summed E-state index contributed by atoms with van der Waals surface area (Å²) < 4.78 is 42.5. The molecular formula is C18H15F3N8O. The van der Waals surface area contributed by atoms with E-state index in [9.17, 15) is 13.2 Å². The Kier molecular flexibility index (Phi) is 4.66. The molecule has 3 heterocycles. The Morgan fingerprint density at radius 1 is 0.967 bits per heavy atom. The fourth-order valence-electron chi connectivity index (χ4n) is 2.71. The molecule has 0 aliphatic carbocycles. The average Bonchev–Trinajstić information content (AvgIpc) is 3.05. The second kappa shape index (κ2) is 7.31. The SMILES string of the molecule is Nc1cc(Nc2cc(Nc3ccccn3)c3ncc(N)n3n2)ccc1OC(F)(F)F. The van der Waals surface area contributed by atoms with Crippen LogP contribution < -0.4 is 26.8 Å². The number of nitrogens with two attached hydrogens (primary N) is 2.